The number of hydrogen-bond donors (Lipinski definition) is 1. The molecule has 7 nitrogen and oxygen atoms in total. The van der Waals surface area contributed by atoms with E-state index in [1.807, 2.05) is 17.2 Å². The topological polar surface area (TPSA) is 77.5 Å². The summed E-state index contributed by atoms with van der Waals surface area (Å²) < 4.78 is 17.2. The first-order valence-corrected chi connectivity index (χ1v) is 9.38. The summed E-state index contributed by atoms with van der Waals surface area (Å²) in [7, 11) is 1.64. The van der Waals surface area contributed by atoms with E-state index in [0.29, 0.717) is 25.1 Å². The summed E-state index contributed by atoms with van der Waals surface area (Å²) in [5, 5.41) is 12.1. The van der Waals surface area contributed by atoms with Crippen molar-refractivity contribution < 1.29 is 28.9 Å². The van der Waals surface area contributed by atoms with Gasteiger partial charge < -0.3 is 19.3 Å². The maximum absolute atomic E-state index is 11.3. The van der Waals surface area contributed by atoms with E-state index in [-0.39, 0.29) is 23.5 Å². The Morgan fingerprint density at radius 1 is 1.37 bits per heavy atom. The van der Waals surface area contributed by atoms with Gasteiger partial charge in [-0.15, -0.1) is 0 Å². The van der Waals surface area contributed by atoms with Gasteiger partial charge in [-0.3, -0.25) is 9.63 Å². The quantitative estimate of drug-likeness (QED) is 0.627. The molecule has 1 fully saturated rings. The highest BCUT2D eigenvalue weighted by Gasteiger charge is 2.55. The summed E-state index contributed by atoms with van der Waals surface area (Å²) in [6.07, 6.45) is 4.69. The average molecular weight is 373 g/mol. The van der Waals surface area contributed by atoms with Gasteiger partial charge in [0, 0.05) is 31.9 Å². The van der Waals surface area contributed by atoms with E-state index in [1.54, 1.807) is 7.11 Å². The number of hydrogen-bond acceptors (Lipinski definition) is 7. The van der Waals surface area contributed by atoms with Crippen LogP contribution in [0.25, 0.3) is 0 Å². The molecule has 3 aliphatic heterocycles. The Morgan fingerprint density at radius 3 is 3.00 bits per heavy atom. The zero-order valence-corrected chi connectivity index (χ0v) is 15.4. The van der Waals surface area contributed by atoms with Crippen molar-refractivity contribution in [2.24, 2.45) is 0 Å². The van der Waals surface area contributed by atoms with Crippen LogP contribution in [-0.4, -0.2) is 48.3 Å². The fraction of sp³-hybridized carbons (Fsp3) is 0.550. The number of esters is 1. The summed E-state index contributed by atoms with van der Waals surface area (Å²) in [6, 6.07) is 3.96. The maximum atomic E-state index is 11.3. The van der Waals surface area contributed by atoms with E-state index in [4.69, 9.17) is 19.0 Å². The van der Waals surface area contributed by atoms with Crippen LogP contribution in [0.2, 0.25) is 0 Å². The predicted molar refractivity (Wildman–Crippen MR) is 94.2 cm³/mol. The zero-order chi connectivity index (χ0) is 18.8. The molecular weight excluding hydrogens is 350 g/mol. The number of fused-ring (bicyclic) bond motifs is 2. The third-order valence-electron chi connectivity index (χ3n) is 6.16. The molecule has 1 spiro atoms. The van der Waals surface area contributed by atoms with E-state index < -0.39 is 12.4 Å². The van der Waals surface area contributed by atoms with E-state index in [2.05, 4.69) is 12.1 Å². The van der Waals surface area contributed by atoms with Gasteiger partial charge in [-0.2, -0.15) is 5.06 Å². The van der Waals surface area contributed by atoms with Gasteiger partial charge in [-0.25, -0.2) is 0 Å². The van der Waals surface area contributed by atoms with Crippen LogP contribution in [0.4, 0.5) is 0 Å². The molecule has 1 saturated heterocycles. The number of ether oxygens (including phenoxy) is 3. The summed E-state index contributed by atoms with van der Waals surface area (Å²) >= 11 is 0. The second-order valence-corrected chi connectivity index (χ2v) is 7.66. The highest BCUT2D eigenvalue weighted by atomic mass is 16.8. The van der Waals surface area contributed by atoms with Gasteiger partial charge in [0.25, 0.3) is 0 Å². The summed E-state index contributed by atoms with van der Waals surface area (Å²) in [5.41, 5.74) is 1.93. The molecule has 1 aromatic rings. The molecule has 5 rings (SSSR count). The molecule has 0 aromatic heterocycles. The highest BCUT2D eigenvalue weighted by molar-refractivity contribution is 5.66. The standard InChI is InChI=1S/C20H23NO6/c1-11(22)25-17-10-14-13-3-4-15(24-2)19-18(13)20(7-8-21(14)27-17)6-5-12(23)9-16(20)26-19/h3-6,12,14,16-17,23H,7-10H2,1-2H3/t12-,14-,16-,17-,20-/m0/s1. The Labute approximate surface area is 157 Å². The monoisotopic (exact) mass is 373 g/mol. The minimum absolute atomic E-state index is 0.0176. The van der Waals surface area contributed by atoms with Gasteiger partial charge in [-0.1, -0.05) is 18.2 Å². The molecule has 1 N–H and O–H groups in total. The molecule has 0 saturated carbocycles. The molecule has 5 atom stereocenters. The van der Waals surface area contributed by atoms with Gasteiger partial charge in [-0.05, 0) is 18.1 Å². The summed E-state index contributed by atoms with van der Waals surface area (Å²) in [5.74, 6) is 1.12. The van der Waals surface area contributed by atoms with E-state index >= 15 is 0 Å². The normalized spacial score (nSPS) is 36.3. The lowest BCUT2D eigenvalue weighted by atomic mass is 9.68. The van der Waals surface area contributed by atoms with Crippen LogP contribution in [0.3, 0.4) is 0 Å². The number of methoxy groups -OCH3 is 1. The van der Waals surface area contributed by atoms with Crippen molar-refractivity contribution in [1.29, 1.82) is 0 Å². The number of aliphatic hydroxyl groups is 1. The van der Waals surface area contributed by atoms with Crippen molar-refractivity contribution in [2.45, 2.75) is 56.1 Å². The minimum Gasteiger partial charge on any atom is -0.493 e. The van der Waals surface area contributed by atoms with E-state index in [1.165, 1.54) is 6.92 Å². The number of aliphatic hydroxyl groups excluding tert-OH is 1. The first-order valence-electron chi connectivity index (χ1n) is 9.38. The summed E-state index contributed by atoms with van der Waals surface area (Å²) in [6.45, 7) is 2.07. The molecule has 1 aromatic carbocycles. The number of hydroxylamine groups is 2. The summed E-state index contributed by atoms with van der Waals surface area (Å²) in [4.78, 5) is 17.3. The number of rotatable bonds is 2. The predicted octanol–water partition coefficient (Wildman–Crippen LogP) is 1.99. The van der Waals surface area contributed by atoms with Crippen molar-refractivity contribution in [1.82, 2.24) is 5.06 Å². The van der Waals surface area contributed by atoms with Crippen molar-refractivity contribution in [3.8, 4) is 11.5 Å². The van der Waals surface area contributed by atoms with Crippen LogP contribution < -0.4 is 9.47 Å². The third-order valence-corrected chi connectivity index (χ3v) is 6.16. The highest BCUT2D eigenvalue weighted by Crippen LogP contribution is 2.58. The molecule has 7 heteroatoms. The van der Waals surface area contributed by atoms with Crippen LogP contribution in [0.1, 0.15) is 43.4 Å². The van der Waals surface area contributed by atoms with E-state index in [0.717, 1.165) is 23.3 Å². The van der Waals surface area contributed by atoms with Gasteiger partial charge in [0.2, 0.25) is 6.29 Å². The Morgan fingerprint density at radius 2 is 2.22 bits per heavy atom. The van der Waals surface area contributed by atoms with Gasteiger partial charge in [0.15, 0.2) is 11.5 Å². The van der Waals surface area contributed by atoms with E-state index in [9.17, 15) is 9.90 Å². The lowest BCUT2D eigenvalue weighted by Gasteiger charge is -2.35. The smallest absolute Gasteiger partial charge is 0.304 e. The van der Waals surface area contributed by atoms with Crippen LogP contribution in [0.15, 0.2) is 24.3 Å². The second kappa shape index (κ2) is 5.95. The molecule has 0 amide bonds. The first kappa shape index (κ1) is 17.0. The van der Waals surface area contributed by atoms with Crippen molar-refractivity contribution in [2.75, 3.05) is 13.7 Å². The Bertz CT molecular complexity index is 823. The molecule has 0 bridgehead atoms. The lowest BCUT2D eigenvalue weighted by Crippen LogP contribution is -2.43. The van der Waals surface area contributed by atoms with Crippen molar-refractivity contribution in [3.63, 3.8) is 0 Å². The molecule has 144 valence electrons. The Kier molecular flexibility index (Phi) is 3.76. The molecular formula is C20H23NO6. The van der Waals surface area contributed by atoms with Crippen LogP contribution in [-0.2, 0) is 19.8 Å². The lowest BCUT2D eigenvalue weighted by molar-refractivity contribution is -0.236. The molecule has 4 aliphatic rings. The maximum Gasteiger partial charge on any atom is 0.304 e. The van der Waals surface area contributed by atoms with Crippen LogP contribution in [0.5, 0.6) is 11.5 Å². The largest absolute Gasteiger partial charge is 0.493 e. The third kappa shape index (κ3) is 2.42. The van der Waals surface area contributed by atoms with Crippen LogP contribution in [0, 0.1) is 0 Å². The van der Waals surface area contributed by atoms with Gasteiger partial charge in [0.1, 0.15) is 6.10 Å². The second-order valence-electron chi connectivity index (χ2n) is 7.66. The Hall–Kier alpha value is -2.09. The fourth-order valence-electron chi connectivity index (χ4n) is 5.03. The molecule has 27 heavy (non-hydrogen) atoms. The number of carbonyl (C=O) groups is 1. The Balaban J connectivity index is 1.63. The number of benzene rings is 1. The molecule has 0 radical (unpaired) electrons. The SMILES string of the molecule is COc1ccc2c3c1O[C@H]1C[C@@H](O)C=C[C@@]31CCN1O[C@H](OC(C)=O)C[C@@H]21. The van der Waals surface area contributed by atoms with Crippen molar-refractivity contribution >= 4 is 5.97 Å². The molecule has 0 unspecified atom stereocenters. The van der Waals surface area contributed by atoms with Crippen LogP contribution >= 0.6 is 0 Å². The van der Waals surface area contributed by atoms with Crippen molar-refractivity contribution in [3.05, 3.63) is 35.4 Å². The van der Waals surface area contributed by atoms with Gasteiger partial charge >= 0.3 is 5.97 Å². The average Bonchev–Trinajstić information content (AvgIpc) is 3.14. The number of nitrogens with zero attached hydrogens (tertiary/aromatic N) is 1. The van der Waals surface area contributed by atoms with Gasteiger partial charge in [0.05, 0.1) is 24.7 Å². The fourth-order valence-corrected chi connectivity index (χ4v) is 5.03. The first-order chi connectivity index (χ1) is 13.0. The molecule has 3 heterocycles. The molecule has 1 aliphatic carbocycles. The minimum atomic E-state index is -0.568. The number of carbonyl (C=O) groups excluding carboxylic acids is 1. The zero-order valence-electron chi connectivity index (χ0n) is 15.4.